The van der Waals surface area contributed by atoms with Crippen LogP contribution in [0.4, 0.5) is 11.4 Å². The van der Waals surface area contributed by atoms with Crippen LogP contribution in [-0.4, -0.2) is 5.91 Å². The summed E-state index contributed by atoms with van der Waals surface area (Å²) in [4.78, 5) is 12.6. The highest BCUT2D eigenvalue weighted by Gasteiger charge is 2.51. The number of anilines is 2. The number of nitrogen functional groups attached to an aromatic ring is 1. The Morgan fingerprint density at radius 2 is 1.67 bits per heavy atom. The van der Waals surface area contributed by atoms with E-state index in [1.165, 1.54) is 44.1 Å². The van der Waals surface area contributed by atoms with Gasteiger partial charge in [0, 0.05) is 16.9 Å². The van der Waals surface area contributed by atoms with Crippen molar-refractivity contribution in [1.29, 1.82) is 0 Å². The van der Waals surface area contributed by atoms with Crippen molar-refractivity contribution in [2.24, 2.45) is 17.8 Å². The molecule has 4 aliphatic carbocycles. The number of aryl methyl sites for hydroxylation is 1. The van der Waals surface area contributed by atoms with E-state index < -0.39 is 0 Å². The minimum atomic E-state index is -0.104. The summed E-state index contributed by atoms with van der Waals surface area (Å²) in [7, 11) is 0. The molecule has 6 rings (SSSR count). The molecule has 0 saturated heterocycles. The molecule has 2 aromatic carbocycles. The molecule has 0 unspecified atom stereocenters. The summed E-state index contributed by atoms with van der Waals surface area (Å²) in [5, 5.41) is 3.06. The Morgan fingerprint density at radius 3 is 2.26 bits per heavy atom. The Balaban J connectivity index is 1.39. The van der Waals surface area contributed by atoms with E-state index in [4.69, 9.17) is 5.73 Å². The minimum absolute atomic E-state index is 0.104. The molecule has 4 aliphatic rings. The molecule has 3 heteroatoms. The van der Waals surface area contributed by atoms with Gasteiger partial charge in [0.05, 0.1) is 0 Å². The van der Waals surface area contributed by atoms with E-state index in [1.54, 1.807) is 18.2 Å². The molecule has 27 heavy (non-hydrogen) atoms. The maximum absolute atomic E-state index is 12.6. The number of rotatable bonds is 3. The van der Waals surface area contributed by atoms with Crippen LogP contribution in [0.15, 0.2) is 42.5 Å². The average Bonchev–Trinajstić information content (AvgIpc) is 2.62. The van der Waals surface area contributed by atoms with Crippen molar-refractivity contribution >= 4 is 17.3 Å². The highest BCUT2D eigenvalue weighted by Crippen LogP contribution is 2.60. The van der Waals surface area contributed by atoms with Crippen LogP contribution in [0.2, 0.25) is 0 Å². The van der Waals surface area contributed by atoms with Gasteiger partial charge in [0.15, 0.2) is 0 Å². The standard InChI is InChI=1S/C24H28N2O/c1-15-7-20(24-12-16-8-17(13-24)10-18(9-16)14-24)5-6-22(15)26-23(27)19-3-2-4-21(25)11-19/h2-7,11,16-18H,8-10,12-14,25H2,1H3,(H,26,27). The molecular weight excluding hydrogens is 332 g/mol. The maximum atomic E-state index is 12.6. The number of hydrogen-bond donors (Lipinski definition) is 2. The van der Waals surface area contributed by atoms with Gasteiger partial charge in [-0.3, -0.25) is 4.79 Å². The average molecular weight is 361 g/mol. The van der Waals surface area contributed by atoms with Gasteiger partial charge >= 0.3 is 0 Å². The van der Waals surface area contributed by atoms with Crippen molar-refractivity contribution in [2.75, 3.05) is 11.1 Å². The quantitative estimate of drug-likeness (QED) is 0.730. The SMILES string of the molecule is Cc1cc(C23CC4CC(CC(C4)C2)C3)ccc1NC(=O)c1cccc(N)c1. The molecule has 0 radical (unpaired) electrons. The molecule has 4 saturated carbocycles. The normalized spacial score (nSPS) is 31.1. The van der Waals surface area contributed by atoms with Crippen molar-refractivity contribution in [1.82, 2.24) is 0 Å². The van der Waals surface area contributed by atoms with Gasteiger partial charge in [-0.25, -0.2) is 0 Å². The lowest BCUT2D eigenvalue weighted by atomic mass is 9.48. The third-order valence-corrected chi connectivity index (χ3v) is 7.27. The highest BCUT2D eigenvalue weighted by atomic mass is 16.1. The number of carbonyl (C=O) groups is 1. The fourth-order valence-electron chi connectivity index (χ4n) is 6.47. The second-order valence-corrected chi connectivity index (χ2v) is 9.31. The highest BCUT2D eigenvalue weighted by molar-refractivity contribution is 6.05. The smallest absolute Gasteiger partial charge is 0.255 e. The molecule has 3 N–H and O–H groups in total. The Kier molecular flexibility index (Phi) is 3.82. The van der Waals surface area contributed by atoms with Gasteiger partial charge in [-0.1, -0.05) is 18.2 Å². The zero-order chi connectivity index (χ0) is 18.6. The third kappa shape index (κ3) is 2.93. The molecule has 140 valence electrons. The lowest BCUT2D eigenvalue weighted by molar-refractivity contribution is -0.00520. The fourth-order valence-corrected chi connectivity index (χ4v) is 6.47. The van der Waals surface area contributed by atoms with Crippen molar-refractivity contribution in [2.45, 2.75) is 50.9 Å². The molecule has 4 fully saturated rings. The number of carbonyl (C=O) groups excluding carboxylic acids is 1. The van der Waals surface area contributed by atoms with Gasteiger partial charge < -0.3 is 11.1 Å². The van der Waals surface area contributed by atoms with Crippen LogP contribution in [0.5, 0.6) is 0 Å². The van der Waals surface area contributed by atoms with Gasteiger partial charge in [0.2, 0.25) is 0 Å². The van der Waals surface area contributed by atoms with E-state index in [1.807, 2.05) is 6.07 Å². The fraction of sp³-hybridized carbons (Fsp3) is 0.458. The predicted molar refractivity (Wildman–Crippen MR) is 110 cm³/mol. The third-order valence-electron chi connectivity index (χ3n) is 7.27. The number of nitrogens with one attached hydrogen (secondary N) is 1. The summed E-state index contributed by atoms with van der Waals surface area (Å²) in [5.41, 5.74) is 11.0. The van der Waals surface area contributed by atoms with Crippen molar-refractivity contribution in [3.63, 3.8) is 0 Å². The van der Waals surface area contributed by atoms with Gasteiger partial charge in [-0.2, -0.15) is 0 Å². The lowest BCUT2D eigenvalue weighted by Crippen LogP contribution is -2.48. The Labute approximate surface area is 161 Å². The molecule has 0 aliphatic heterocycles. The van der Waals surface area contributed by atoms with Crippen LogP contribution in [0.25, 0.3) is 0 Å². The molecule has 0 atom stereocenters. The first-order valence-electron chi connectivity index (χ1n) is 10.3. The van der Waals surface area contributed by atoms with Crippen LogP contribution < -0.4 is 11.1 Å². The number of hydrogen-bond acceptors (Lipinski definition) is 2. The van der Waals surface area contributed by atoms with E-state index in [0.29, 0.717) is 16.7 Å². The van der Waals surface area contributed by atoms with E-state index >= 15 is 0 Å². The number of amides is 1. The molecule has 1 amide bonds. The molecule has 2 aromatic rings. The summed E-state index contributed by atoms with van der Waals surface area (Å²) in [5.74, 6) is 2.73. The van der Waals surface area contributed by atoms with Crippen LogP contribution in [0.3, 0.4) is 0 Å². The van der Waals surface area contributed by atoms with Crippen molar-refractivity contribution < 1.29 is 4.79 Å². The molecule has 0 spiro atoms. The lowest BCUT2D eigenvalue weighted by Gasteiger charge is -2.57. The van der Waals surface area contributed by atoms with E-state index in [0.717, 1.165) is 29.0 Å². The minimum Gasteiger partial charge on any atom is -0.399 e. The second kappa shape index (κ2) is 6.12. The van der Waals surface area contributed by atoms with Gasteiger partial charge in [-0.05, 0) is 104 Å². The van der Waals surface area contributed by atoms with Gasteiger partial charge in [-0.15, -0.1) is 0 Å². The zero-order valence-electron chi connectivity index (χ0n) is 16.0. The van der Waals surface area contributed by atoms with Crippen LogP contribution in [0, 0.1) is 24.7 Å². The van der Waals surface area contributed by atoms with Crippen molar-refractivity contribution in [3.8, 4) is 0 Å². The predicted octanol–water partition coefficient (Wildman–Crippen LogP) is 5.30. The van der Waals surface area contributed by atoms with Crippen LogP contribution in [-0.2, 0) is 5.41 Å². The maximum Gasteiger partial charge on any atom is 0.255 e. The topological polar surface area (TPSA) is 55.1 Å². The first-order valence-corrected chi connectivity index (χ1v) is 10.3. The van der Waals surface area contributed by atoms with E-state index in [-0.39, 0.29) is 5.91 Å². The van der Waals surface area contributed by atoms with E-state index in [9.17, 15) is 4.79 Å². The summed E-state index contributed by atoms with van der Waals surface area (Å²) in [6.45, 7) is 2.11. The zero-order valence-corrected chi connectivity index (χ0v) is 16.0. The summed E-state index contributed by atoms with van der Waals surface area (Å²) >= 11 is 0. The Morgan fingerprint density at radius 1 is 1.00 bits per heavy atom. The van der Waals surface area contributed by atoms with Crippen molar-refractivity contribution in [3.05, 3.63) is 59.2 Å². The monoisotopic (exact) mass is 360 g/mol. The van der Waals surface area contributed by atoms with Gasteiger partial charge in [0.25, 0.3) is 5.91 Å². The molecule has 3 nitrogen and oxygen atoms in total. The van der Waals surface area contributed by atoms with Crippen LogP contribution in [0.1, 0.15) is 60.0 Å². The van der Waals surface area contributed by atoms with Crippen LogP contribution >= 0.6 is 0 Å². The number of benzene rings is 2. The van der Waals surface area contributed by atoms with Gasteiger partial charge in [0.1, 0.15) is 0 Å². The molecular formula is C24H28N2O. The van der Waals surface area contributed by atoms with E-state index in [2.05, 4.69) is 30.4 Å². The molecule has 0 aromatic heterocycles. The molecule has 0 heterocycles. The Hall–Kier alpha value is -2.29. The summed E-state index contributed by atoms with van der Waals surface area (Å²) in [6.07, 6.45) is 8.50. The summed E-state index contributed by atoms with van der Waals surface area (Å²) in [6, 6.07) is 13.8. The second-order valence-electron chi connectivity index (χ2n) is 9.31. The largest absolute Gasteiger partial charge is 0.399 e. The number of nitrogens with two attached hydrogens (primary N) is 1. The summed E-state index contributed by atoms with van der Waals surface area (Å²) < 4.78 is 0. The molecule has 4 bridgehead atoms. The Bertz CT molecular complexity index is 866. The first-order chi connectivity index (χ1) is 13.0. The first kappa shape index (κ1) is 16.9.